The minimum absolute atomic E-state index is 0.579. The lowest BCUT2D eigenvalue weighted by molar-refractivity contribution is -0.150. The molecule has 1 aliphatic heterocycles. The van der Waals surface area contributed by atoms with Crippen molar-refractivity contribution in [2.45, 2.75) is 0 Å². The molecule has 0 fully saturated rings. The van der Waals surface area contributed by atoms with Gasteiger partial charge < -0.3 is 4.74 Å². The van der Waals surface area contributed by atoms with Crippen LogP contribution in [0.15, 0.2) is 12.2 Å². The Kier molecular flexibility index (Phi) is 0.685. The first-order chi connectivity index (χ1) is 3.29. The molecule has 3 nitrogen and oxygen atoms in total. The van der Waals surface area contributed by atoms with Crippen LogP contribution in [0.2, 0.25) is 0 Å². The average Bonchev–Trinajstić information content (AvgIpc) is 1.87. The molecular weight excluding hydrogens is 98.0 g/mol. The Hall–Kier alpha value is -1.12. The van der Waals surface area contributed by atoms with Crippen LogP contribution < -0.4 is 0 Å². The van der Waals surface area contributed by atoms with Crippen molar-refractivity contribution in [1.82, 2.24) is 0 Å². The summed E-state index contributed by atoms with van der Waals surface area (Å²) in [6.45, 7) is 0. The Bertz CT molecular complexity index is 129. The maximum absolute atomic E-state index is 9.92. The minimum atomic E-state index is -0.579. The molecule has 3 heteroatoms. The number of rotatable bonds is 0. The Morgan fingerprint density at radius 3 is 1.71 bits per heavy atom. The van der Waals surface area contributed by atoms with Crippen LogP contribution in [0.25, 0.3) is 0 Å². The van der Waals surface area contributed by atoms with E-state index in [0.29, 0.717) is 0 Å². The SMILES string of the molecule is O=[13C]1C=C[13C](=O)O1. The molecule has 0 amide bonds. The second-order valence-electron chi connectivity index (χ2n) is 1.07. The van der Waals surface area contributed by atoms with Crippen LogP contribution in [0.4, 0.5) is 0 Å². The van der Waals surface area contributed by atoms with Crippen LogP contribution in [-0.4, -0.2) is 11.9 Å². The molecule has 0 aliphatic carbocycles. The summed E-state index contributed by atoms with van der Waals surface area (Å²) in [6, 6.07) is 0. The largest absolute Gasteiger partial charge is 0.387 e. The molecule has 0 aromatic rings. The first-order valence-electron chi connectivity index (χ1n) is 1.73. The van der Waals surface area contributed by atoms with E-state index in [1.54, 1.807) is 0 Å². The van der Waals surface area contributed by atoms with Crippen molar-refractivity contribution in [2.75, 3.05) is 0 Å². The average molecular weight is 100 g/mol. The van der Waals surface area contributed by atoms with E-state index in [4.69, 9.17) is 0 Å². The van der Waals surface area contributed by atoms with E-state index in [1.807, 2.05) is 0 Å². The van der Waals surface area contributed by atoms with Gasteiger partial charge in [-0.15, -0.1) is 0 Å². The highest BCUT2D eigenvalue weighted by molar-refractivity contribution is 6.04. The van der Waals surface area contributed by atoms with Crippen LogP contribution >= 0.6 is 0 Å². The molecule has 0 unspecified atom stereocenters. The third kappa shape index (κ3) is 0.652. The number of hydrogen-bond acceptors (Lipinski definition) is 3. The van der Waals surface area contributed by atoms with E-state index in [2.05, 4.69) is 4.74 Å². The third-order valence-corrected chi connectivity index (χ3v) is 0.557. The third-order valence-electron chi connectivity index (χ3n) is 0.557. The molecule has 0 saturated carbocycles. The van der Waals surface area contributed by atoms with Crippen LogP contribution in [0.5, 0.6) is 0 Å². The first-order valence-corrected chi connectivity index (χ1v) is 1.73. The van der Waals surface area contributed by atoms with Gasteiger partial charge in [-0.3, -0.25) is 0 Å². The van der Waals surface area contributed by atoms with Gasteiger partial charge >= 0.3 is 11.9 Å². The maximum atomic E-state index is 9.92. The quantitative estimate of drug-likeness (QED) is 0.237. The maximum Gasteiger partial charge on any atom is 0.338 e. The molecule has 0 bridgehead atoms. The molecule has 7 heavy (non-hydrogen) atoms. The highest BCUT2D eigenvalue weighted by Crippen LogP contribution is 1.92. The monoisotopic (exact) mass is 100 g/mol. The minimum Gasteiger partial charge on any atom is -0.387 e. The van der Waals surface area contributed by atoms with Crippen LogP contribution in [0.3, 0.4) is 0 Å². The highest BCUT2D eigenvalue weighted by Gasteiger charge is 2.10. The van der Waals surface area contributed by atoms with Gasteiger partial charge in [0.25, 0.3) is 0 Å². The Balaban J connectivity index is 2.76. The van der Waals surface area contributed by atoms with Crippen molar-refractivity contribution in [3.05, 3.63) is 12.2 Å². The molecular formula is C4H2O3. The van der Waals surface area contributed by atoms with E-state index < -0.39 is 11.9 Å². The van der Waals surface area contributed by atoms with Gasteiger partial charge in [0.05, 0.1) is 0 Å². The summed E-state index contributed by atoms with van der Waals surface area (Å²) in [5.41, 5.74) is 0. The van der Waals surface area contributed by atoms with E-state index in [-0.39, 0.29) is 0 Å². The van der Waals surface area contributed by atoms with Crippen LogP contribution in [0, 0.1) is 0 Å². The van der Waals surface area contributed by atoms with E-state index >= 15 is 0 Å². The summed E-state index contributed by atoms with van der Waals surface area (Å²) in [4.78, 5) is 19.8. The number of hydrogen-bond donors (Lipinski definition) is 0. The summed E-state index contributed by atoms with van der Waals surface area (Å²) in [6.07, 6.45) is 2.17. The second kappa shape index (κ2) is 1.18. The van der Waals surface area contributed by atoms with Gasteiger partial charge in [-0.2, -0.15) is 0 Å². The number of carbonyl (C=O) groups is 2. The molecule has 1 heterocycles. The lowest BCUT2D eigenvalue weighted by atomic mass is 10.8. The van der Waals surface area contributed by atoms with Gasteiger partial charge in [0.15, 0.2) is 0 Å². The topological polar surface area (TPSA) is 43.4 Å². The molecule has 0 aromatic heterocycles. The predicted molar refractivity (Wildman–Crippen MR) is 20.2 cm³/mol. The van der Waals surface area contributed by atoms with Crippen LogP contribution in [0.1, 0.15) is 0 Å². The Morgan fingerprint density at radius 1 is 1.14 bits per heavy atom. The molecule has 0 saturated heterocycles. The van der Waals surface area contributed by atoms with Crippen molar-refractivity contribution in [2.24, 2.45) is 0 Å². The van der Waals surface area contributed by atoms with E-state index in [0.717, 1.165) is 12.2 Å². The summed E-state index contributed by atoms with van der Waals surface area (Å²) < 4.78 is 3.97. The van der Waals surface area contributed by atoms with E-state index in [9.17, 15) is 9.59 Å². The lowest BCUT2D eigenvalue weighted by Crippen LogP contribution is -1.96. The van der Waals surface area contributed by atoms with Gasteiger partial charge in [-0.05, 0) is 0 Å². The van der Waals surface area contributed by atoms with Crippen molar-refractivity contribution < 1.29 is 14.3 Å². The predicted octanol–water partition coefficient (Wildman–Crippen LogP) is -0.374. The summed E-state index contributed by atoms with van der Waals surface area (Å²) in [5, 5.41) is 0. The Morgan fingerprint density at radius 2 is 1.57 bits per heavy atom. The Labute approximate surface area is 39.6 Å². The number of esters is 2. The van der Waals surface area contributed by atoms with Crippen molar-refractivity contribution in [3.63, 3.8) is 0 Å². The molecule has 0 aromatic carbocycles. The van der Waals surface area contributed by atoms with Gasteiger partial charge in [0.1, 0.15) is 0 Å². The van der Waals surface area contributed by atoms with Crippen molar-refractivity contribution in [1.29, 1.82) is 0 Å². The lowest BCUT2D eigenvalue weighted by Gasteiger charge is -1.80. The fourth-order valence-electron chi connectivity index (χ4n) is 0.303. The molecule has 36 valence electrons. The molecule has 0 atom stereocenters. The van der Waals surface area contributed by atoms with Crippen molar-refractivity contribution in [3.8, 4) is 0 Å². The van der Waals surface area contributed by atoms with E-state index in [1.165, 1.54) is 0 Å². The van der Waals surface area contributed by atoms with Gasteiger partial charge in [0, 0.05) is 12.2 Å². The van der Waals surface area contributed by atoms with Crippen molar-refractivity contribution >= 4 is 11.9 Å². The zero-order valence-corrected chi connectivity index (χ0v) is 3.38. The fraction of sp³-hybridized carbons (Fsp3) is 0. The second-order valence-corrected chi connectivity index (χ2v) is 1.07. The number of cyclic esters (lactones) is 2. The molecule has 1 rings (SSSR count). The van der Waals surface area contributed by atoms with Gasteiger partial charge in [-0.1, -0.05) is 0 Å². The first kappa shape index (κ1) is 4.05. The molecule has 0 radical (unpaired) electrons. The highest BCUT2D eigenvalue weighted by atomic mass is 16.7. The molecule has 0 spiro atoms. The normalized spacial score (nSPS) is 17.7. The zero-order chi connectivity index (χ0) is 5.28. The smallest absolute Gasteiger partial charge is 0.338 e. The zero-order valence-electron chi connectivity index (χ0n) is 3.38. The number of carbonyl (C=O) groups excluding carboxylic acids is 2. The standard InChI is InChI=1S/C4H2O3/c5-3-1-2-4(6)7-3/h1-2H/i3+1,4+1. The van der Waals surface area contributed by atoms with Gasteiger partial charge in [0.2, 0.25) is 0 Å². The summed E-state index contributed by atoms with van der Waals surface area (Å²) in [7, 11) is 0. The fourth-order valence-corrected chi connectivity index (χ4v) is 0.303. The molecule has 0 N–H and O–H groups in total. The van der Waals surface area contributed by atoms with Gasteiger partial charge in [-0.25, -0.2) is 9.59 Å². The van der Waals surface area contributed by atoms with Crippen LogP contribution in [-0.2, 0) is 14.3 Å². The number of ether oxygens (including phenoxy) is 1. The molecule has 1 aliphatic rings. The summed E-state index contributed by atoms with van der Waals surface area (Å²) >= 11 is 0. The summed E-state index contributed by atoms with van der Waals surface area (Å²) in [5.74, 6) is -1.16.